The number of amides is 1. The van der Waals surface area contributed by atoms with Crippen molar-refractivity contribution in [3.8, 4) is 5.69 Å². The lowest BCUT2D eigenvalue weighted by Gasteiger charge is -2.29. The van der Waals surface area contributed by atoms with Crippen LogP contribution < -0.4 is 5.73 Å². The molecule has 0 aliphatic carbocycles. The number of halogens is 3. The number of rotatable bonds is 5. The van der Waals surface area contributed by atoms with Crippen molar-refractivity contribution in [2.24, 2.45) is 11.1 Å². The molecule has 0 saturated heterocycles. The van der Waals surface area contributed by atoms with Crippen LogP contribution in [0.1, 0.15) is 35.5 Å². The molecular weight excluding hydrogens is 345 g/mol. The highest BCUT2D eigenvalue weighted by Crippen LogP contribution is 2.34. The molecule has 0 aliphatic heterocycles. The second-order valence-electron chi connectivity index (χ2n) is 7.18. The molecule has 0 aliphatic rings. The maximum Gasteiger partial charge on any atom is 0.434 e. The van der Waals surface area contributed by atoms with E-state index >= 15 is 0 Å². The van der Waals surface area contributed by atoms with Gasteiger partial charge in [-0.1, -0.05) is 31.5 Å². The van der Waals surface area contributed by atoms with E-state index < -0.39 is 28.8 Å². The van der Waals surface area contributed by atoms with Gasteiger partial charge in [0.15, 0.2) is 5.69 Å². The standard InChI is InChI=1S/C18H23F3N4O/c1-12-5-7-13(8-6-12)25-15(18(19,20)21)14(9-23-25)16(26)24(4)11-17(2,3)10-22/h5-9H,10-11,22H2,1-4H3. The largest absolute Gasteiger partial charge is 0.434 e. The summed E-state index contributed by atoms with van der Waals surface area (Å²) in [5.41, 5.74) is 4.84. The number of benzene rings is 1. The van der Waals surface area contributed by atoms with Crippen LogP contribution in [0.25, 0.3) is 5.69 Å². The van der Waals surface area contributed by atoms with Crippen molar-refractivity contribution < 1.29 is 18.0 Å². The van der Waals surface area contributed by atoms with E-state index in [0.29, 0.717) is 6.54 Å². The Kier molecular flexibility index (Phi) is 5.46. The molecule has 0 fully saturated rings. The second-order valence-corrected chi connectivity index (χ2v) is 7.18. The molecule has 2 aromatic rings. The van der Waals surface area contributed by atoms with E-state index in [4.69, 9.17) is 5.73 Å². The molecule has 1 aromatic heterocycles. The molecule has 1 amide bonds. The fraction of sp³-hybridized carbons (Fsp3) is 0.444. The van der Waals surface area contributed by atoms with Crippen molar-refractivity contribution in [2.45, 2.75) is 26.9 Å². The van der Waals surface area contributed by atoms with Gasteiger partial charge in [0.25, 0.3) is 5.91 Å². The minimum absolute atomic E-state index is 0.231. The zero-order chi connectivity index (χ0) is 19.7. The van der Waals surface area contributed by atoms with Gasteiger partial charge in [0.2, 0.25) is 0 Å². The first-order valence-corrected chi connectivity index (χ1v) is 8.14. The minimum Gasteiger partial charge on any atom is -0.341 e. The van der Waals surface area contributed by atoms with Gasteiger partial charge in [0, 0.05) is 13.6 Å². The van der Waals surface area contributed by atoms with Gasteiger partial charge in [-0.25, -0.2) is 4.68 Å². The molecule has 0 unspecified atom stereocenters. The summed E-state index contributed by atoms with van der Waals surface area (Å²) in [7, 11) is 1.46. The number of aryl methyl sites for hydroxylation is 1. The van der Waals surface area contributed by atoms with Crippen molar-refractivity contribution in [3.63, 3.8) is 0 Å². The van der Waals surface area contributed by atoms with E-state index in [1.54, 1.807) is 12.1 Å². The maximum absolute atomic E-state index is 13.7. The van der Waals surface area contributed by atoms with Gasteiger partial charge in [-0.15, -0.1) is 0 Å². The van der Waals surface area contributed by atoms with Crippen LogP contribution in [-0.4, -0.2) is 40.7 Å². The normalized spacial score (nSPS) is 12.3. The third-order valence-electron chi connectivity index (χ3n) is 4.11. The lowest BCUT2D eigenvalue weighted by atomic mass is 9.93. The Morgan fingerprint density at radius 3 is 2.31 bits per heavy atom. The first-order chi connectivity index (χ1) is 12.0. The van der Waals surface area contributed by atoms with Gasteiger partial charge in [-0.2, -0.15) is 18.3 Å². The van der Waals surface area contributed by atoms with Crippen molar-refractivity contribution in [3.05, 3.63) is 47.3 Å². The van der Waals surface area contributed by atoms with Crippen LogP contribution in [0.5, 0.6) is 0 Å². The third-order valence-corrected chi connectivity index (χ3v) is 4.11. The first kappa shape index (κ1) is 20.0. The number of carbonyl (C=O) groups excluding carboxylic acids is 1. The molecule has 142 valence electrons. The summed E-state index contributed by atoms with van der Waals surface area (Å²) in [6, 6.07) is 6.45. The molecular formula is C18H23F3N4O. The lowest BCUT2D eigenvalue weighted by Crippen LogP contribution is -2.40. The summed E-state index contributed by atoms with van der Waals surface area (Å²) < 4.78 is 41.8. The minimum atomic E-state index is -4.73. The molecule has 26 heavy (non-hydrogen) atoms. The summed E-state index contributed by atoms with van der Waals surface area (Å²) in [6.45, 7) is 6.06. The first-order valence-electron chi connectivity index (χ1n) is 8.14. The van der Waals surface area contributed by atoms with Gasteiger partial charge in [-0.3, -0.25) is 4.79 Å². The molecule has 2 rings (SSSR count). The molecule has 0 radical (unpaired) electrons. The lowest BCUT2D eigenvalue weighted by molar-refractivity contribution is -0.143. The molecule has 1 heterocycles. The van der Waals surface area contributed by atoms with Crippen LogP contribution in [0, 0.1) is 12.3 Å². The van der Waals surface area contributed by atoms with Crippen LogP contribution in [0.2, 0.25) is 0 Å². The Bertz CT molecular complexity index is 779. The third kappa shape index (κ3) is 4.24. The van der Waals surface area contributed by atoms with Gasteiger partial charge < -0.3 is 10.6 Å². The van der Waals surface area contributed by atoms with Gasteiger partial charge in [0.05, 0.1) is 17.4 Å². The highest BCUT2D eigenvalue weighted by atomic mass is 19.4. The molecule has 8 heteroatoms. The van der Waals surface area contributed by atoms with Crippen molar-refractivity contribution in [1.29, 1.82) is 0 Å². The molecule has 0 bridgehead atoms. The summed E-state index contributed by atoms with van der Waals surface area (Å²) in [5, 5.41) is 3.83. The van der Waals surface area contributed by atoms with E-state index in [1.807, 2.05) is 20.8 Å². The number of carbonyl (C=O) groups is 1. The SMILES string of the molecule is Cc1ccc(-n2ncc(C(=O)N(C)CC(C)(C)CN)c2C(F)(F)F)cc1. The number of alkyl halides is 3. The molecule has 1 aromatic carbocycles. The van der Waals surface area contributed by atoms with E-state index in [9.17, 15) is 18.0 Å². The number of aromatic nitrogens is 2. The van der Waals surface area contributed by atoms with E-state index in [1.165, 1.54) is 24.1 Å². The Hall–Kier alpha value is -2.35. The number of hydrogen-bond donors (Lipinski definition) is 1. The molecule has 2 N–H and O–H groups in total. The Balaban J connectivity index is 2.47. The predicted molar refractivity (Wildman–Crippen MR) is 93.1 cm³/mol. The Morgan fingerprint density at radius 2 is 1.81 bits per heavy atom. The number of hydrogen-bond acceptors (Lipinski definition) is 3. The van der Waals surface area contributed by atoms with Crippen LogP contribution in [0.15, 0.2) is 30.5 Å². The van der Waals surface area contributed by atoms with Crippen molar-refractivity contribution in [1.82, 2.24) is 14.7 Å². The zero-order valence-corrected chi connectivity index (χ0v) is 15.3. The van der Waals surface area contributed by atoms with E-state index in [0.717, 1.165) is 16.4 Å². The molecule has 5 nitrogen and oxygen atoms in total. The number of nitrogens with two attached hydrogens (primary N) is 1. The predicted octanol–water partition coefficient (Wildman–Crippen LogP) is 3.26. The Morgan fingerprint density at radius 1 is 1.23 bits per heavy atom. The van der Waals surface area contributed by atoms with Gasteiger partial charge in [-0.05, 0) is 31.0 Å². The monoisotopic (exact) mass is 368 g/mol. The molecule has 0 atom stereocenters. The number of nitrogens with zero attached hydrogens (tertiary/aromatic N) is 3. The molecule has 0 spiro atoms. The zero-order valence-electron chi connectivity index (χ0n) is 15.3. The van der Waals surface area contributed by atoms with Crippen LogP contribution in [0.3, 0.4) is 0 Å². The van der Waals surface area contributed by atoms with E-state index in [2.05, 4.69) is 5.10 Å². The summed E-state index contributed by atoms with van der Waals surface area (Å²) >= 11 is 0. The quantitative estimate of drug-likeness (QED) is 0.881. The average molecular weight is 368 g/mol. The topological polar surface area (TPSA) is 64.2 Å². The smallest absolute Gasteiger partial charge is 0.341 e. The van der Waals surface area contributed by atoms with Crippen molar-refractivity contribution in [2.75, 3.05) is 20.1 Å². The highest BCUT2D eigenvalue weighted by Gasteiger charge is 2.41. The van der Waals surface area contributed by atoms with Crippen LogP contribution >= 0.6 is 0 Å². The summed E-state index contributed by atoms with van der Waals surface area (Å²) in [5.74, 6) is -0.739. The Labute approximate surface area is 150 Å². The van der Waals surface area contributed by atoms with Crippen LogP contribution in [-0.2, 0) is 6.18 Å². The molecule has 0 saturated carbocycles. The highest BCUT2D eigenvalue weighted by molar-refractivity contribution is 5.95. The second kappa shape index (κ2) is 7.11. The fourth-order valence-corrected chi connectivity index (χ4v) is 2.64. The van der Waals surface area contributed by atoms with Gasteiger partial charge in [0.1, 0.15) is 0 Å². The van der Waals surface area contributed by atoms with Gasteiger partial charge >= 0.3 is 6.18 Å². The van der Waals surface area contributed by atoms with Crippen LogP contribution in [0.4, 0.5) is 13.2 Å². The average Bonchev–Trinajstić information content (AvgIpc) is 2.99. The maximum atomic E-state index is 13.7. The summed E-state index contributed by atoms with van der Waals surface area (Å²) in [4.78, 5) is 13.9. The van der Waals surface area contributed by atoms with E-state index in [-0.39, 0.29) is 12.2 Å². The fourth-order valence-electron chi connectivity index (χ4n) is 2.64. The van der Waals surface area contributed by atoms with Crippen molar-refractivity contribution >= 4 is 5.91 Å². The summed E-state index contributed by atoms with van der Waals surface area (Å²) in [6.07, 6.45) is -3.76.